The first-order valence-electron chi connectivity index (χ1n) is 12.7. The van der Waals surface area contributed by atoms with E-state index in [1.54, 1.807) is 6.20 Å². The fraction of sp³-hybridized carbons (Fsp3) is 0.500. The lowest BCUT2D eigenvalue weighted by Gasteiger charge is -2.32. The number of likely N-dealkylation sites (N-methyl/N-ethyl adjacent to an activating group) is 1. The van der Waals surface area contributed by atoms with E-state index in [-0.39, 0.29) is 12.0 Å². The van der Waals surface area contributed by atoms with Crippen molar-refractivity contribution in [3.05, 3.63) is 47.2 Å². The highest BCUT2D eigenvalue weighted by atomic mass is 16.6. The van der Waals surface area contributed by atoms with E-state index in [2.05, 4.69) is 33.3 Å². The van der Waals surface area contributed by atoms with E-state index in [4.69, 9.17) is 19.0 Å². The van der Waals surface area contributed by atoms with Gasteiger partial charge in [0.05, 0.1) is 12.2 Å². The van der Waals surface area contributed by atoms with Gasteiger partial charge in [0.25, 0.3) is 11.8 Å². The Bertz CT molecular complexity index is 1260. The van der Waals surface area contributed by atoms with Gasteiger partial charge < -0.3 is 24.1 Å². The monoisotopic (exact) mass is 492 g/mol. The van der Waals surface area contributed by atoms with Gasteiger partial charge in [0.15, 0.2) is 17.6 Å². The van der Waals surface area contributed by atoms with Gasteiger partial charge in [-0.2, -0.15) is 5.10 Å². The molecule has 1 atom stereocenters. The molecule has 5 heterocycles. The summed E-state index contributed by atoms with van der Waals surface area (Å²) in [6, 6.07) is 3.70. The molecule has 0 spiro atoms. The van der Waals surface area contributed by atoms with Gasteiger partial charge in [-0.25, -0.2) is 4.98 Å². The SMILES string of the molecule is Cc1c(C(=O)NCCN2CCN(C)CC2)oc2c1-c1nn(C[C@@H]3COc4ncccc4O3)cc1CC2. The van der Waals surface area contributed by atoms with E-state index < -0.39 is 0 Å². The Morgan fingerprint density at radius 1 is 1.22 bits per heavy atom. The lowest BCUT2D eigenvalue weighted by Crippen LogP contribution is -2.46. The van der Waals surface area contributed by atoms with E-state index in [9.17, 15) is 4.79 Å². The number of pyridine rings is 1. The van der Waals surface area contributed by atoms with Gasteiger partial charge in [0, 0.05) is 69.2 Å². The molecule has 0 bridgehead atoms. The lowest BCUT2D eigenvalue weighted by molar-refractivity contribution is 0.0716. The van der Waals surface area contributed by atoms with Crippen molar-refractivity contribution in [2.75, 3.05) is 52.9 Å². The van der Waals surface area contributed by atoms with Crippen molar-refractivity contribution < 1.29 is 18.7 Å². The van der Waals surface area contributed by atoms with Crippen LogP contribution in [0.4, 0.5) is 0 Å². The van der Waals surface area contributed by atoms with Crippen molar-refractivity contribution in [2.24, 2.45) is 0 Å². The quantitative estimate of drug-likeness (QED) is 0.556. The standard InChI is InChI=1S/C26H32N6O4/c1-17-22-20(36-24(17)25(33)27-8-9-31-12-10-30(2)11-13-31)6-5-18-14-32(29-23(18)22)15-19-16-34-26-21(35-19)4-3-7-28-26/h3-4,7,14,19H,5-6,8-13,15-16H2,1-2H3,(H,27,33)/t19-/m1/s1. The second kappa shape index (κ2) is 9.59. The smallest absolute Gasteiger partial charge is 0.287 e. The molecule has 1 N–H and O–H groups in total. The Morgan fingerprint density at radius 3 is 2.94 bits per heavy atom. The predicted molar refractivity (Wildman–Crippen MR) is 132 cm³/mol. The molecule has 1 amide bonds. The zero-order valence-corrected chi connectivity index (χ0v) is 20.8. The Morgan fingerprint density at radius 2 is 2.08 bits per heavy atom. The highest BCUT2D eigenvalue weighted by Crippen LogP contribution is 2.38. The summed E-state index contributed by atoms with van der Waals surface area (Å²) in [5, 5.41) is 7.92. The molecule has 3 aromatic heterocycles. The number of aryl methyl sites for hydroxylation is 2. The first kappa shape index (κ1) is 23.1. The van der Waals surface area contributed by atoms with E-state index in [1.807, 2.05) is 23.7 Å². The predicted octanol–water partition coefficient (Wildman–Crippen LogP) is 1.76. The summed E-state index contributed by atoms with van der Waals surface area (Å²) in [6.45, 7) is 8.59. The van der Waals surface area contributed by atoms with Crippen LogP contribution in [0.1, 0.15) is 27.4 Å². The summed E-state index contributed by atoms with van der Waals surface area (Å²) in [5.74, 6) is 2.26. The Hall–Kier alpha value is -3.37. The molecule has 3 aromatic rings. The van der Waals surface area contributed by atoms with Crippen LogP contribution in [0.15, 0.2) is 28.9 Å². The van der Waals surface area contributed by atoms with Crippen molar-refractivity contribution in [3.8, 4) is 22.9 Å². The number of piperazine rings is 1. The van der Waals surface area contributed by atoms with Crippen LogP contribution in [0, 0.1) is 6.92 Å². The molecular formula is C26H32N6O4. The second-order valence-corrected chi connectivity index (χ2v) is 9.84. The minimum Gasteiger partial charge on any atom is -0.479 e. The molecule has 0 saturated carbocycles. The van der Waals surface area contributed by atoms with Crippen molar-refractivity contribution >= 4 is 5.91 Å². The van der Waals surface area contributed by atoms with Gasteiger partial charge in [-0.1, -0.05) is 0 Å². The van der Waals surface area contributed by atoms with Crippen molar-refractivity contribution in [1.29, 1.82) is 0 Å². The van der Waals surface area contributed by atoms with E-state index in [0.717, 1.165) is 73.7 Å². The summed E-state index contributed by atoms with van der Waals surface area (Å²) in [5.41, 5.74) is 3.86. The Kier molecular flexibility index (Phi) is 6.14. The summed E-state index contributed by atoms with van der Waals surface area (Å²) in [6.07, 6.45) is 5.19. The van der Waals surface area contributed by atoms with Crippen LogP contribution in [-0.4, -0.2) is 89.5 Å². The maximum Gasteiger partial charge on any atom is 0.287 e. The number of amides is 1. The van der Waals surface area contributed by atoms with Gasteiger partial charge in [-0.05, 0) is 38.1 Å². The normalized spacial score (nSPS) is 19.6. The number of nitrogens with one attached hydrogen (secondary N) is 1. The molecule has 2 aliphatic heterocycles. The minimum atomic E-state index is -0.158. The van der Waals surface area contributed by atoms with Gasteiger partial charge in [-0.15, -0.1) is 0 Å². The number of carbonyl (C=O) groups is 1. The maximum atomic E-state index is 13.0. The average molecular weight is 493 g/mol. The van der Waals surface area contributed by atoms with Gasteiger partial charge in [0.2, 0.25) is 0 Å². The summed E-state index contributed by atoms with van der Waals surface area (Å²) < 4.78 is 19.8. The second-order valence-electron chi connectivity index (χ2n) is 9.84. The Balaban J connectivity index is 1.12. The third-order valence-electron chi connectivity index (χ3n) is 7.26. The van der Waals surface area contributed by atoms with Gasteiger partial charge >= 0.3 is 0 Å². The fourth-order valence-corrected chi connectivity index (χ4v) is 5.21. The fourth-order valence-electron chi connectivity index (χ4n) is 5.21. The third-order valence-corrected chi connectivity index (χ3v) is 7.26. The van der Waals surface area contributed by atoms with Crippen LogP contribution in [0.25, 0.3) is 11.3 Å². The van der Waals surface area contributed by atoms with Crippen molar-refractivity contribution in [1.82, 2.24) is 29.9 Å². The molecule has 10 heteroatoms. The molecule has 36 heavy (non-hydrogen) atoms. The minimum absolute atomic E-state index is 0.156. The summed E-state index contributed by atoms with van der Waals surface area (Å²) in [4.78, 5) is 21.9. The first-order chi connectivity index (χ1) is 17.5. The summed E-state index contributed by atoms with van der Waals surface area (Å²) >= 11 is 0. The van der Waals surface area contributed by atoms with Crippen molar-refractivity contribution in [3.63, 3.8) is 0 Å². The number of rotatable bonds is 6. The number of carbonyl (C=O) groups excluding carboxylic acids is 1. The molecule has 1 aliphatic carbocycles. The highest BCUT2D eigenvalue weighted by molar-refractivity contribution is 5.95. The number of fused-ring (bicyclic) bond motifs is 4. The van der Waals surface area contributed by atoms with Crippen LogP contribution >= 0.6 is 0 Å². The number of hydrogen-bond acceptors (Lipinski definition) is 8. The Labute approximate surface area is 210 Å². The topological polar surface area (TPSA) is 97.9 Å². The number of nitrogens with zero attached hydrogens (tertiary/aromatic N) is 5. The van der Waals surface area contributed by atoms with Crippen molar-refractivity contribution in [2.45, 2.75) is 32.4 Å². The zero-order chi connectivity index (χ0) is 24.6. The zero-order valence-electron chi connectivity index (χ0n) is 20.8. The highest BCUT2D eigenvalue weighted by Gasteiger charge is 2.31. The number of hydrogen-bond donors (Lipinski definition) is 1. The van der Waals surface area contributed by atoms with Gasteiger partial charge in [0.1, 0.15) is 12.4 Å². The van der Waals surface area contributed by atoms with E-state index >= 15 is 0 Å². The van der Waals surface area contributed by atoms with Crippen LogP contribution in [0.2, 0.25) is 0 Å². The largest absolute Gasteiger partial charge is 0.479 e. The average Bonchev–Trinajstić information content (AvgIpc) is 3.45. The molecule has 0 unspecified atom stereocenters. The number of ether oxygens (including phenoxy) is 2. The number of aromatic nitrogens is 3. The first-order valence-corrected chi connectivity index (χ1v) is 12.7. The van der Waals surface area contributed by atoms with Crippen LogP contribution in [-0.2, 0) is 19.4 Å². The molecule has 0 aromatic carbocycles. The maximum absolute atomic E-state index is 13.0. The third kappa shape index (κ3) is 4.46. The molecule has 1 saturated heterocycles. The van der Waals surface area contributed by atoms with E-state index in [0.29, 0.717) is 37.1 Å². The molecule has 1 fully saturated rings. The molecule has 3 aliphatic rings. The molecule has 0 radical (unpaired) electrons. The van der Waals surface area contributed by atoms with E-state index in [1.165, 1.54) is 0 Å². The summed E-state index contributed by atoms with van der Waals surface area (Å²) in [7, 11) is 2.14. The lowest BCUT2D eigenvalue weighted by atomic mass is 9.93. The molecular weight excluding hydrogens is 460 g/mol. The van der Waals surface area contributed by atoms with Crippen LogP contribution < -0.4 is 14.8 Å². The number of furan rings is 1. The van der Waals surface area contributed by atoms with Gasteiger partial charge in [-0.3, -0.25) is 14.4 Å². The molecule has 10 nitrogen and oxygen atoms in total. The van der Waals surface area contributed by atoms with Crippen LogP contribution in [0.3, 0.4) is 0 Å². The molecule has 6 rings (SSSR count). The molecule has 190 valence electrons. The van der Waals surface area contributed by atoms with Crippen LogP contribution in [0.5, 0.6) is 11.6 Å².